The van der Waals surface area contributed by atoms with Crippen LogP contribution in [0.4, 0.5) is 0 Å². The minimum atomic E-state index is -1.02. The van der Waals surface area contributed by atoms with Crippen molar-refractivity contribution in [3.8, 4) is 11.5 Å². The second-order valence-electron chi connectivity index (χ2n) is 5.74. The third-order valence-corrected chi connectivity index (χ3v) is 3.57. The number of hydrogen-bond acceptors (Lipinski definition) is 5. The van der Waals surface area contributed by atoms with Crippen molar-refractivity contribution >= 4 is 5.97 Å². The number of ether oxygens (including phenoxy) is 2. The van der Waals surface area contributed by atoms with E-state index in [1.54, 1.807) is 10.7 Å². The van der Waals surface area contributed by atoms with Crippen molar-refractivity contribution in [3.63, 3.8) is 0 Å². The molecule has 7 nitrogen and oxygen atoms in total. The fraction of sp³-hybridized carbons (Fsp3) is 0.412. The van der Waals surface area contributed by atoms with Crippen LogP contribution in [0.25, 0.3) is 0 Å². The Bertz CT molecular complexity index is 699. The van der Waals surface area contributed by atoms with Crippen molar-refractivity contribution in [1.29, 1.82) is 0 Å². The Balaban J connectivity index is 2.17. The van der Waals surface area contributed by atoms with E-state index in [2.05, 4.69) is 10.00 Å². The zero-order chi connectivity index (χ0) is 17.7. The van der Waals surface area contributed by atoms with E-state index < -0.39 is 12.1 Å². The van der Waals surface area contributed by atoms with E-state index in [-0.39, 0.29) is 0 Å². The van der Waals surface area contributed by atoms with Crippen LogP contribution in [-0.4, -0.2) is 46.0 Å². The standard InChI is InChI=1S/C17H23N3O4/c1-12(17(21)22)24-16-14(6-5-7-15(16)23-4)11-19(2)9-13-8-18-20(3)10-13/h5-8,10,12H,9,11H2,1-4H3,(H,21,22). The molecule has 0 amide bonds. The van der Waals surface area contributed by atoms with Gasteiger partial charge in [-0.2, -0.15) is 5.10 Å². The Kier molecular flexibility index (Phi) is 5.81. The van der Waals surface area contributed by atoms with Crippen LogP contribution in [0.15, 0.2) is 30.6 Å². The van der Waals surface area contributed by atoms with Gasteiger partial charge < -0.3 is 14.6 Å². The van der Waals surface area contributed by atoms with Gasteiger partial charge in [0.05, 0.1) is 13.3 Å². The first-order valence-corrected chi connectivity index (χ1v) is 7.62. The van der Waals surface area contributed by atoms with Gasteiger partial charge in [0.15, 0.2) is 17.6 Å². The largest absolute Gasteiger partial charge is 0.493 e. The molecule has 1 aromatic heterocycles. The number of carboxylic acid groups (broad SMARTS) is 1. The third kappa shape index (κ3) is 4.48. The lowest BCUT2D eigenvalue weighted by atomic mass is 10.1. The number of nitrogens with zero attached hydrogens (tertiary/aromatic N) is 3. The van der Waals surface area contributed by atoms with Gasteiger partial charge in [-0.3, -0.25) is 9.58 Å². The number of aryl methyl sites for hydroxylation is 1. The molecule has 7 heteroatoms. The maximum absolute atomic E-state index is 11.1. The van der Waals surface area contributed by atoms with Crippen molar-refractivity contribution in [3.05, 3.63) is 41.7 Å². The Morgan fingerprint density at radius 1 is 1.42 bits per heavy atom. The van der Waals surface area contributed by atoms with Crippen molar-refractivity contribution in [2.45, 2.75) is 26.1 Å². The molecular formula is C17H23N3O4. The summed E-state index contributed by atoms with van der Waals surface area (Å²) in [4.78, 5) is 13.2. The summed E-state index contributed by atoms with van der Waals surface area (Å²) in [5, 5.41) is 13.3. The molecule has 0 aliphatic heterocycles. The molecular weight excluding hydrogens is 310 g/mol. The van der Waals surface area contributed by atoms with Gasteiger partial charge in [-0.15, -0.1) is 0 Å². The molecule has 0 saturated carbocycles. The van der Waals surface area contributed by atoms with Crippen LogP contribution in [0.2, 0.25) is 0 Å². The van der Waals surface area contributed by atoms with E-state index in [1.807, 2.05) is 38.6 Å². The molecule has 0 aliphatic rings. The van der Waals surface area contributed by atoms with E-state index in [0.717, 1.165) is 17.7 Å². The van der Waals surface area contributed by atoms with Gasteiger partial charge in [-0.1, -0.05) is 12.1 Å². The van der Waals surface area contributed by atoms with Gasteiger partial charge in [0.25, 0.3) is 0 Å². The molecule has 0 aliphatic carbocycles. The first kappa shape index (κ1) is 17.8. The molecule has 130 valence electrons. The molecule has 0 fully saturated rings. The fourth-order valence-electron chi connectivity index (χ4n) is 2.42. The Hall–Kier alpha value is -2.54. The van der Waals surface area contributed by atoms with Crippen molar-refractivity contribution in [2.75, 3.05) is 14.2 Å². The molecule has 1 aromatic carbocycles. The second-order valence-corrected chi connectivity index (χ2v) is 5.74. The Labute approximate surface area is 141 Å². The molecule has 0 saturated heterocycles. The van der Waals surface area contributed by atoms with Crippen molar-refractivity contribution < 1.29 is 19.4 Å². The molecule has 0 bridgehead atoms. The summed E-state index contributed by atoms with van der Waals surface area (Å²) in [6.45, 7) is 2.81. The molecule has 1 unspecified atom stereocenters. The Morgan fingerprint density at radius 3 is 2.75 bits per heavy atom. The quantitative estimate of drug-likeness (QED) is 0.795. The number of carboxylic acids is 1. The van der Waals surface area contributed by atoms with Crippen LogP contribution in [-0.2, 0) is 24.9 Å². The van der Waals surface area contributed by atoms with Crippen LogP contribution >= 0.6 is 0 Å². The zero-order valence-corrected chi connectivity index (χ0v) is 14.4. The lowest BCUT2D eigenvalue weighted by Gasteiger charge is -2.21. The average Bonchev–Trinajstić information content (AvgIpc) is 2.93. The molecule has 0 radical (unpaired) electrons. The van der Waals surface area contributed by atoms with Gasteiger partial charge in [0.2, 0.25) is 0 Å². The van der Waals surface area contributed by atoms with Crippen LogP contribution in [0.3, 0.4) is 0 Å². The number of para-hydroxylation sites is 1. The van der Waals surface area contributed by atoms with Crippen molar-refractivity contribution in [1.82, 2.24) is 14.7 Å². The van der Waals surface area contributed by atoms with E-state index in [9.17, 15) is 4.79 Å². The summed E-state index contributed by atoms with van der Waals surface area (Å²) in [5.41, 5.74) is 1.97. The normalized spacial score (nSPS) is 12.2. The number of aliphatic carboxylic acids is 1. The van der Waals surface area contributed by atoms with Crippen LogP contribution < -0.4 is 9.47 Å². The van der Waals surface area contributed by atoms with Gasteiger partial charge in [0.1, 0.15) is 0 Å². The minimum Gasteiger partial charge on any atom is -0.493 e. The average molecular weight is 333 g/mol. The molecule has 0 spiro atoms. The third-order valence-electron chi connectivity index (χ3n) is 3.57. The summed E-state index contributed by atoms with van der Waals surface area (Å²) in [6, 6.07) is 5.53. The van der Waals surface area contributed by atoms with Crippen LogP contribution in [0.1, 0.15) is 18.1 Å². The number of rotatable bonds is 8. The summed E-state index contributed by atoms with van der Waals surface area (Å²) in [5.74, 6) is -0.0288. The molecule has 1 N–H and O–H groups in total. The first-order valence-electron chi connectivity index (χ1n) is 7.62. The zero-order valence-electron chi connectivity index (χ0n) is 14.4. The summed E-state index contributed by atoms with van der Waals surface area (Å²) in [7, 11) is 5.40. The Morgan fingerprint density at radius 2 is 2.17 bits per heavy atom. The second kappa shape index (κ2) is 7.83. The summed E-state index contributed by atoms with van der Waals surface area (Å²) in [6.07, 6.45) is 2.83. The van der Waals surface area contributed by atoms with E-state index in [0.29, 0.717) is 18.0 Å². The van der Waals surface area contributed by atoms with Crippen molar-refractivity contribution in [2.24, 2.45) is 7.05 Å². The number of carbonyl (C=O) groups is 1. The van der Waals surface area contributed by atoms with Gasteiger partial charge >= 0.3 is 5.97 Å². The number of benzene rings is 1. The minimum absolute atomic E-state index is 0.466. The topological polar surface area (TPSA) is 76.8 Å². The van der Waals surface area contributed by atoms with E-state index in [4.69, 9.17) is 14.6 Å². The van der Waals surface area contributed by atoms with E-state index in [1.165, 1.54) is 14.0 Å². The highest BCUT2D eigenvalue weighted by molar-refractivity contribution is 5.72. The molecule has 24 heavy (non-hydrogen) atoms. The predicted molar refractivity (Wildman–Crippen MR) is 89.1 cm³/mol. The molecule has 1 atom stereocenters. The molecule has 1 heterocycles. The lowest BCUT2D eigenvalue weighted by Crippen LogP contribution is -2.24. The number of aromatic nitrogens is 2. The SMILES string of the molecule is COc1cccc(CN(C)Cc2cnn(C)c2)c1OC(C)C(=O)O. The van der Waals surface area contributed by atoms with Gasteiger partial charge in [0, 0.05) is 37.5 Å². The summed E-state index contributed by atoms with van der Waals surface area (Å²) >= 11 is 0. The number of methoxy groups -OCH3 is 1. The lowest BCUT2D eigenvalue weighted by molar-refractivity contribution is -0.144. The molecule has 2 rings (SSSR count). The maximum atomic E-state index is 11.1. The first-order chi connectivity index (χ1) is 11.4. The van der Waals surface area contributed by atoms with Gasteiger partial charge in [-0.05, 0) is 20.0 Å². The highest BCUT2D eigenvalue weighted by Gasteiger charge is 2.19. The highest BCUT2D eigenvalue weighted by Crippen LogP contribution is 2.33. The maximum Gasteiger partial charge on any atom is 0.344 e. The molecule has 2 aromatic rings. The number of hydrogen-bond donors (Lipinski definition) is 1. The summed E-state index contributed by atoms with van der Waals surface area (Å²) < 4.78 is 12.7. The predicted octanol–water partition coefficient (Wildman–Crippen LogP) is 1.91. The monoisotopic (exact) mass is 333 g/mol. The highest BCUT2D eigenvalue weighted by atomic mass is 16.5. The van der Waals surface area contributed by atoms with Crippen LogP contribution in [0, 0.1) is 0 Å². The smallest absolute Gasteiger partial charge is 0.344 e. The van der Waals surface area contributed by atoms with E-state index >= 15 is 0 Å². The van der Waals surface area contributed by atoms with Gasteiger partial charge in [-0.25, -0.2) is 4.79 Å². The van der Waals surface area contributed by atoms with Crippen LogP contribution in [0.5, 0.6) is 11.5 Å². The fourth-order valence-corrected chi connectivity index (χ4v) is 2.42.